The van der Waals surface area contributed by atoms with Crippen LogP contribution in [0.15, 0.2) is 200 Å². The second-order valence-corrected chi connectivity index (χ2v) is 16.8. The van der Waals surface area contributed by atoms with Gasteiger partial charge in [0.1, 0.15) is 0 Å². The second kappa shape index (κ2) is 14.2. The van der Waals surface area contributed by atoms with Crippen LogP contribution in [0.25, 0.3) is 22.3 Å². The molecule has 4 heteroatoms. The lowest BCUT2D eigenvalue weighted by Crippen LogP contribution is -2.28. The van der Waals surface area contributed by atoms with E-state index in [0.29, 0.717) is 21.2 Å². The van der Waals surface area contributed by atoms with Crippen LogP contribution in [0.4, 0.5) is 0 Å². The van der Waals surface area contributed by atoms with Crippen LogP contribution in [0, 0.1) is 0 Å². The molecule has 0 heterocycles. The molecule has 0 fully saturated rings. The Bertz CT molecular complexity index is 2090. The molecule has 0 bridgehead atoms. The van der Waals surface area contributed by atoms with Crippen molar-refractivity contribution in [2.45, 2.75) is 6.92 Å². The van der Waals surface area contributed by atoms with Crippen molar-refractivity contribution < 1.29 is 9.13 Å². The first kappa shape index (κ1) is 32.0. The SMILES string of the molecule is C=C/C(=C\C=C/C)P(=O)(c1ccccc1)c1cc(-c2ccc(-c3ccccc3)cc2)cc(P(=O)(c2ccccc2)c2ccccc2)c1. The third-order valence-corrected chi connectivity index (χ3v) is 14.5. The zero-order chi connectivity index (χ0) is 32.7. The summed E-state index contributed by atoms with van der Waals surface area (Å²) in [5.74, 6) is 0. The summed E-state index contributed by atoms with van der Waals surface area (Å²) in [4.78, 5) is 0. The van der Waals surface area contributed by atoms with E-state index in [0.717, 1.165) is 32.9 Å². The molecule has 230 valence electrons. The van der Waals surface area contributed by atoms with Crippen molar-refractivity contribution in [1.82, 2.24) is 0 Å². The van der Waals surface area contributed by atoms with Gasteiger partial charge in [0.25, 0.3) is 0 Å². The molecule has 0 aromatic heterocycles. The molecule has 0 saturated heterocycles. The minimum Gasteiger partial charge on any atom is -0.309 e. The van der Waals surface area contributed by atoms with Crippen molar-refractivity contribution in [3.8, 4) is 22.3 Å². The molecular formula is C43H36O2P2. The number of hydrogen-bond donors (Lipinski definition) is 0. The van der Waals surface area contributed by atoms with Crippen LogP contribution in [-0.2, 0) is 9.13 Å². The summed E-state index contributed by atoms with van der Waals surface area (Å²) in [5.41, 5.74) is 4.01. The standard InChI is InChI=1S/C43H36O2P2/c1-3-5-20-38(4-2)46(44,39-21-12-7-13-22-39)42-31-37(36-29-27-35(28-30-36)34-18-10-6-11-19-34)32-43(33-42)47(45,40-23-14-8-15-24-40)41-25-16-9-17-26-41/h3-33H,2H2,1H3/b5-3-,38-20+. The van der Waals surface area contributed by atoms with E-state index in [9.17, 15) is 0 Å². The summed E-state index contributed by atoms with van der Waals surface area (Å²) in [6.07, 6.45) is 7.35. The van der Waals surface area contributed by atoms with Crippen LogP contribution >= 0.6 is 14.3 Å². The van der Waals surface area contributed by atoms with Gasteiger partial charge >= 0.3 is 0 Å². The summed E-state index contributed by atoms with van der Waals surface area (Å²) in [5, 5.41) is 3.96. The van der Waals surface area contributed by atoms with Crippen LogP contribution in [0.1, 0.15) is 6.92 Å². The highest BCUT2D eigenvalue weighted by molar-refractivity contribution is 7.86. The normalized spacial score (nSPS) is 13.3. The first-order valence-corrected chi connectivity index (χ1v) is 19.0. The zero-order valence-corrected chi connectivity index (χ0v) is 28.1. The van der Waals surface area contributed by atoms with Crippen molar-refractivity contribution in [3.63, 3.8) is 0 Å². The molecule has 2 nitrogen and oxygen atoms in total. The first-order chi connectivity index (χ1) is 23.0. The second-order valence-electron chi connectivity index (χ2n) is 11.2. The van der Waals surface area contributed by atoms with Gasteiger partial charge in [-0.15, -0.1) is 0 Å². The highest BCUT2D eigenvalue weighted by Crippen LogP contribution is 2.53. The molecule has 6 rings (SSSR count). The summed E-state index contributed by atoms with van der Waals surface area (Å²) in [6, 6.07) is 53.3. The number of allylic oxidation sites excluding steroid dienone is 5. The van der Waals surface area contributed by atoms with Gasteiger partial charge in [-0.05, 0) is 47.4 Å². The van der Waals surface area contributed by atoms with Crippen LogP contribution in [0.3, 0.4) is 0 Å². The summed E-state index contributed by atoms with van der Waals surface area (Å²) >= 11 is 0. The van der Waals surface area contributed by atoms with E-state index in [1.165, 1.54) is 0 Å². The predicted octanol–water partition coefficient (Wildman–Crippen LogP) is 9.62. The summed E-state index contributed by atoms with van der Waals surface area (Å²) < 4.78 is 31.5. The minimum absolute atomic E-state index is 0.603. The van der Waals surface area contributed by atoms with Gasteiger partial charge in [-0.25, -0.2) is 0 Å². The van der Waals surface area contributed by atoms with E-state index in [4.69, 9.17) is 0 Å². The molecule has 1 atom stereocenters. The van der Waals surface area contributed by atoms with Gasteiger partial charge < -0.3 is 9.13 Å². The van der Waals surface area contributed by atoms with Gasteiger partial charge in [-0.2, -0.15) is 0 Å². The molecule has 0 aliphatic heterocycles. The predicted molar refractivity (Wildman–Crippen MR) is 203 cm³/mol. The third kappa shape index (κ3) is 6.36. The fourth-order valence-electron chi connectivity index (χ4n) is 5.92. The van der Waals surface area contributed by atoms with Crippen LogP contribution in [0.2, 0.25) is 0 Å². The molecule has 0 aliphatic rings. The first-order valence-electron chi connectivity index (χ1n) is 15.6. The lowest BCUT2D eigenvalue weighted by Gasteiger charge is -2.25. The number of hydrogen-bond acceptors (Lipinski definition) is 2. The van der Waals surface area contributed by atoms with E-state index < -0.39 is 14.3 Å². The molecule has 0 radical (unpaired) electrons. The van der Waals surface area contributed by atoms with Crippen LogP contribution in [0.5, 0.6) is 0 Å². The fourth-order valence-corrected chi connectivity index (χ4v) is 11.4. The lowest BCUT2D eigenvalue weighted by atomic mass is 10.0. The fraction of sp³-hybridized carbons (Fsp3) is 0.0233. The van der Waals surface area contributed by atoms with E-state index in [1.807, 2.05) is 153 Å². The average Bonchev–Trinajstić information content (AvgIpc) is 3.16. The van der Waals surface area contributed by atoms with Crippen molar-refractivity contribution in [1.29, 1.82) is 0 Å². The van der Waals surface area contributed by atoms with Crippen LogP contribution < -0.4 is 26.5 Å². The quantitative estimate of drug-likeness (QED) is 0.110. The van der Waals surface area contributed by atoms with E-state index in [1.54, 1.807) is 6.08 Å². The average molecular weight is 647 g/mol. The Kier molecular flexibility index (Phi) is 9.65. The summed E-state index contributed by atoms with van der Waals surface area (Å²) in [7, 11) is -6.89. The van der Waals surface area contributed by atoms with Crippen molar-refractivity contribution in [2.24, 2.45) is 0 Å². The minimum atomic E-state index is -3.48. The molecule has 0 amide bonds. The zero-order valence-electron chi connectivity index (χ0n) is 26.3. The molecule has 0 N–H and O–H groups in total. The molecule has 0 spiro atoms. The highest BCUT2D eigenvalue weighted by Gasteiger charge is 2.35. The van der Waals surface area contributed by atoms with Gasteiger partial charge in [-0.3, -0.25) is 0 Å². The topological polar surface area (TPSA) is 34.1 Å². The molecular weight excluding hydrogens is 610 g/mol. The summed E-state index contributed by atoms with van der Waals surface area (Å²) in [6.45, 7) is 6.02. The Morgan fingerprint density at radius 2 is 0.915 bits per heavy atom. The Hall–Kier alpha value is -5.00. The van der Waals surface area contributed by atoms with Gasteiger partial charge in [-0.1, -0.05) is 176 Å². The van der Waals surface area contributed by atoms with Gasteiger partial charge in [0.15, 0.2) is 14.3 Å². The third-order valence-electron chi connectivity index (χ3n) is 8.35. The largest absolute Gasteiger partial charge is 0.309 e. The monoisotopic (exact) mass is 646 g/mol. The van der Waals surface area contributed by atoms with Gasteiger partial charge in [0, 0.05) is 31.8 Å². The van der Waals surface area contributed by atoms with Crippen LogP contribution in [-0.4, -0.2) is 0 Å². The smallest absolute Gasteiger partial charge is 0.171 e. The Morgan fingerprint density at radius 1 is 0.489 bits per heavy atom. The number of benzene rings is 6. The molecule has 0 aliphatic carbocycles. The van der Waals surface area contributed by atoms with Crippen molar-refractivity contribution in [2.75, 3.05) is 0 Å². The van der Waals surface area contributed by atoms with Crippen molar-refractivity contribution in [3.05, 3.63) is 200 Å². The maximum absolute atomic E-state index is 15.8. The van der Waals surface area contributed by atoms with Crippen molar-refractivity contribution >= 4 is 40.8 Å². The molecule has 47 heavy (non-hydrogen) atoms. The molecule has 6 aromatic carbocycles. The lowest BCUT2D eigenvalue weighted by molar-refractivity contribution is 0.591. The van der Waals surface area contributed by atoms with Gasteiger partial charge in [0.2, 0.25) is 0 Å². The molecule has 0 saturated carbocycles. The molecule has 1 unspecified atom stereocenters. The maximum atomic E-state index is 15.8. The Labute approximate surface area is 278 Å². The van der Waals surface area contributed by atoms with E-state index in [-0.39, 0.29) is 0 Å². The van der Waals surface area contributed by atoms with E-state index in [2.05, 4.69) is 43.0 Å². The highest BCUT2D eigenvalue weighted by atomic mass is 31.2. The Balaban J connectivity index is 1.67. The molecule has 6 aromatic rings. The van der Waals surface area contributed by atoms with E-state index >= 15 is 9.13 Å². The van der Waals surface area contributed by atoms with Gasteiger partial charge in [0.05, 0.1) is 0 Å². The maximum Gasteiger partial charge on any atom is 0.171 e. The number of rotatable bonds is 10. The Morgan fingerprint density at radius 3 is 1.40 bits per heavy atom.